The van der Waals surface area contributed by atoms with Gasteiger partial charge in [0.1, 0.15) is 17.3 Å². The van der Waals surface area contributed by atoms with Gasteiger partial charge in [-0.25, -0.2) is 9.67 Å². The highest BCUT2D eigenvalue weighted by Gasteiger charge is 2.19. The third-order valence-electron chi connectivity index (χ3n) is 8.29. The molecule has 0 bridgehead atoms. The molecule has 3 heterocycles. The van der Waals surface area contributed by atoms with Crippen molar-refractivity contribution < 1.29 is 4.74 Å². The number of benzene rings is 4. The molecule has 0 aliphatic rings. The van der Waals surface area contributed by atoms with Crippen LogP contribution in [0, 0.1) is 41.5 Å². The molecule has 212 valence electrons. The summed E-state index contributed by atoms with van der Waals surface area (Å²) in [6.07, 6.45) is 1.86. The molecule has 0 radical (unpaired) electrons. The van der Waals surface area contributed by atoms with E-state index in [1.165, 1.54) is 38.8 Å². The minimum atomic E-state index is 0.755. The van der Waals surface area contributed by atoms with Gasteiger partial charge in [0.2, 0.25) is 0 Å². The SMILES string of the molecule is Cc1ccnc(-n2c3ccccc3c3ccc(Oc4cccc(-n5nc(C)c(-c6c(C)cc(C)cc6C)c5C)c4)cc32)c1. The summed E-state index contributed by atoms with van der Waals surface area (Å²) in [6.45, 7) is 12.9. The van der Waals surface area contributed by atoms with E-state index in [1.54, 1.807) is 0 Å². The topological polar surface area (TPSA) is 44.9 Å². The van der Waals surface area contributed by atoms with E-state index >= 15 is 0 Å². The van der Waals surface area contributed by atoms with Crippen LogP contribution in [0.5, 0.6) is 11.5 Å². The molecule has 0 atom stereocenters. The quantitative estimate of drug-likeness (QED) is 0.210. The lowest BCUT2D eigenvalue weighted by molar-refractivity contribution is 0.483. The predicted octanol–water partition coefficient (Wildman–Crippen LogP) is 9.67. The van der Waals surface area contributed by atoms with Crippen molar-refractivity contribution in [2.75, 3.05) is 0 Å². The fourth-order valence-corrected chi connectivity index (χ4v) is 6.55. The lowest BCUT2D eigenvalue weighted by Crippen LogP contribution is -2.00. The van der Waals surface area contributed by atoms with E-state index in [2.05, 4.69) is 113 Å². The standard InChI is InChI=1S/C38H34N4O/c1-23-16-17-39-36(20-23)41-34-13-8-7-12-32(34)33-15-14-31(22-35(33)41)43-30-11-9-10-29(21-30)42-28(6)38(27(5)40-42)37-25(3)18-24(2)19-26(37)4/h7-22H,1-6H3. The first-order valence-electron chi connectivity index (χ1n) is 14.7. The monoisotopic (exact) mass is 562 g/mol. The molecule has 7 rings (SSSR count). The molecule has 3 aromatic heterocycles. The Bertz CT molecular complexity index is 2160. The second-order valence-corrected chi connectivity index (χ2v) is 11.6. The highest BCUT2D eigenvalue weighted by atomic mass is 16.5. The molecule has 5 nitrogen and oxygen atoms in total. The number of nitrogens with zero attached hydrogens (tertiary/aromatic N) is 4. The molecule has 43 heavy (non-hydrogen) atoms. The van der Waals surface area contributed by atoms with Gasteiger partial charge in [-0.05, 0) is 106 Å². The van der Waals surface area contributed by atoms with Crippen molar-refractivity contribution >= 4 is 21.8 Å². The molecular formula is C38H34N4O. The Morgan fingerprint density at radius 3 is 2.14 bits per heavy atom. The van der Waals surface area contributed by atoms with Crippen LogP contribution in [-0.2, 0) is 0 Å². The van der Waals surface area contributed by atoms with E-state index in [9.17, 15) is 0 Å². The number of aryl methyl sites for hydroxylation is 5. The van der Waals surface area contributed by atoms with Crippen LogP contribution in [0.2, 0.25) is 0 Å². The molecule has 0 fully saturated rings. The second-order valence-electron chi connectivity index (χ2n) is 11.6. The van der Waals surface area contributed by atoms with Gasteiger partial charge in [0.05, 0.1) is 22.4 Å². The number of para-hydroxylation sites is 1. The van der Waals surface area contributed by atoms with Crippen LogP contribution in [0.25, 0.3) is 44.4 Å². The Balaban J connectivity index is 1.29. The van der Waals surface area contributed by atoms with Gasteiger partial charge in [-0.1, -0.05) is 42.0 Å². The van der Waals surface area contributed by atoms with Gasteiger partial charge < -0.3 is 4.74 Å². The maximum Gasteiger partial charge on any atom is 0.137 e. The maximum absolute atomic E-state index is 6.50. The molecule has 5 heteroatoms. The summed E-state index contributed by atoms with van der Waals surface area (Å²) < 4.78 is 10.7. The highest BCUT2D eigenvalue weighted by Crippen LogP contribution is 2.37. The molecule has 0 unspecified atom stereocenters. The number of aromatic nitrogens is 4. The summed E-state index contributed by atoms with van der Waals surface area (Å²) in [6, 6.07) is 31.5. The predicted molar refractivity (Wildman–Crippen MR) is 176 cm³/mol. The number of pyridine rings is 1. The van der Waals surface area contributed by atoms with Gasteiger partial charge in [0.25, 0.3) is 0 Å². The van der Waals surface area contributed by atoms with Crippen molar-refractivity contribution in [3.05, 3.63) is 131 Å². The number of rotatable bonds is 5. The summed E-state index contributed by atoms with van der Waals surface area (Å²) in [5.74, 6) is 2.41. The first-order chi connectivity index (χ1) is 20.8. The van der Waals surface area contributed by atoms with Crippen LogP contribution in [0.1, 0.15) is 33.6 Å². The number of ether oxygens (including phenoxy) is 1. The summed E-state index contributed by atoms with van der Waals surface area (Å²) >= 11 is 0. The molecule has 0 N–H and O–H groups in total. The summed E-state index contributed by atoms with van der Waals surface area (Å²) in [5.41, 5.74) is 12.7. The van der Waals surface area contributed by atoms with Gasteiger partial charge in [-0.3, -0.25) is 4.57 Å². The first kappa shape index (κ1) is 26.7. The zero-order valence-corrected chi connectivity index (χ0v) is 25.4. The summed E-state index contributed by atoms with van der Waals surface area (Å²) in [5, 5.41) is 7.33. The van der Waals surface area contributed by atoms with Crippen molar-refractivity contribution in [1.82, 2.24) is 19.3 Å². The molecule has 4 aromatic carbocycles. The molecule has 0 aliphatic carbocycles. The van der Waals surface area contributed by atoms with Crippen LogP contribution in [-0.4, -0.2) is 19.3 Å². The Morgan fingerprint density at radius 1 is 0.605 bits per heavy atom. The van der Waals surface area contributed by atoms with Crippen molar-refractivity contribution in [3.8, 4) is 34.1 Å². The minimum Gasteiger partial charge on any atom is -0.457 e. The minimum absolute atomic E-state index is 0.755. The van der Waals surface area contributed by atoms with E-state index in [0.717, 1.165) is 50.8 Å². The lowest BCUT2D eigenvalue weighted by atomic mass is 9.92. The molecule has 0 saturated heterocycles. The second kappa shape index (κ2) is 10.3. The molecule has 0 saturated carbocycles. The Kier molecular flexibility index (Phi) is 6.39. The van der Waals surface area contributed by atoms with Crippen LogP contribution in [0.15, 0.2) is 97.2 Å². The zero-order valence-electron chi connectivity index (χ0n) is 25.4. The highest BCUT2D eigenvalue weighted by molar-refractivity contribution is 6.09. The van der Waals surface area contributed by atoms with Crippen LogP contribution in [0.4, 0.5) is 0 Å². The van der Waals surface area contributed by atoms with E-state index in [0.29, 0.717) is 0 Å². The molecule has 0 amide bonds. The number of hydrogen-bond donors (Lipinski definition) is 0. The van der Waals surface area contributed by atoms with E-state index in [-0.39, 0.29) is 0 Å². The first-order valence-corrected chi connectivity index (χ1v) is 14.7. The van der Waals surface area contributed by atoms with E-state index in [4.69, 9.17) is 14.8 Å². The van der Waals surface area contributed by atoms with Gasteiger partial charge in [0.15, 0.2) is 0 Å². The third kappa shape index (κ3) is 4.58. The zero-order chi connectivity index (χ0) is 29.8. The average molecular weight is 563 g/mol. The maximum atomic E-state index is 6.50. The fraction of sp³-hybridized carbons (Fsp3) is 0.158. The van der Waals surface area contributed by atoms with Gasteiger partial charge >= 0.3 is 0 Å². The lowest BCUT2D eigenvalue weighted by Gasteiger charge is -2.13. The molecular weight excluding hydrogens is 528 g/mol. The van der Waals surface area contributed by atoms with Crippen LogP contribution < -0.4 is 4.74 Å². The Hall–Kier alpha value is -5.16. The van der Waals surface area contributed by atoms with Crippen molar-refractivity contribution in [2.24, 2.45) is 0 Å². The molecule has 0 aliphatic heterocycles. The Labute approximate surface area is 252 Å². The van der Waals surface area contributed by atoms with Crippen LogP contribution >= 0.6 is 0 Å². The molecule has 7 aromatic rings. The van der Waals surface area contributed by atoms with Gasteiger partial charge in [-0.2, -0.15) is 5.10 Å². The average Bonchev–Trinajstić information content (AvgIpc) is 3.46. The smallest absolute Gasteiger partial charge is 0.137 e. The van der Waals surface area contributed by atoms with Crippen molar-refractivity contribution in [2.45, 2.75) is 41.5 Å². The molecule has 0 spiro atoms. The van der Waals surface area contributed by atoms with Gasteiger partial charge in [-0.15, -0.1) is 0 Å². The van der Waals surface area contributed by atoms with Gasteiger partial charge in [0, 0.05) is 40.4 Å². The summed E-state index contributed by atoms with van der Waals surface area (Å²) in [4.78, 5) is 4.71. The van der Waals surface area contributed by atoms with E-state index < -0.39 is 0 Å². The van der Waals surface area contributed by atoms with Crippen molar-refractivity contribution in [1.29, 1.82) is 0 Å². The summed E-state index contributed by atoms with van der Waals surface area (Å²) in [7, 11) is 0. The number of hydrogen-bond acceptors (Lipinski definition) is 3. The fourth-order valence-electron chi connectivity index (χ4n) is 6.55. The number of fused-ring (bicyclic) bond motifs is 3. The Morgan fingerprint density at radius 2 is 1.35 bits per heavy atom. The van der Waals surface area contributed by atoms with Crippen LogP contribution in [0.3, 0.4) is 0 Å². The van der Waals surface area contributed by atoms with Crippen molar-refractivity contribution in [3.63, 3.8) is 0 Å². The largest absolute Gasteiger partial charge is 0.457 e. The third-order valence-corrected chi connectivity index (χ3v) is 8.29. The normalized spacial score (nSPS) is 11.5. The van der Waals surface area contributed by atoms with E-state index in [1.807, 2.05) is 35.1 Å².